The fraction of sp³-hybridized carbons (Fsp3) is 0.636. The average molecular weight is 274 g/mol. The Kier molecular flexibility index (Phi) is 4.36. The predicted molar refractivity (Wildman–Crippen MR) is 69.2 cm³/mol. The minimum atomic E-state index is -0.205. The summed E-state index contributed by atoms with van der Waals surface area (Å²) in [6.45, 7) is 1.81. The van der Waals surface area contributed by atoms with Crippen molar-refractivity contribution < 1.29 is 4.79 Å². The van der Waals surface area contributed by atoms with Crippen molar-refractivity contribution in [3.8, 4) is 0 Å². The lowest BCUT2D eigenvalue weighted by Crippen LogP contribution is -2.41. The van der Waals surface area contributed by atoms with Crippen LogP contribution in [0.4, 0.5) is 0 Å². The number of primary amides is 1. The number of carbonyl (C=O) groups is 1. The van der Waals surface area contributed by atoms with Gasteiger partial charge in [-0.1, -0.05) is 0 Å². The molecule has 1 unspecified atom stereocenters. The number of hydrogen-bond donors (Lipinski definition) is 1. The molecule has 0 radical (unpaired) electrons. The van der Waals surface area contributed by atoms with Crippen molar-refractivity contribution in [3.05, 3.63) is 16.1 Å². The van der Waals surface area contributed by atoms with E-state index in [9.17, 15) is 4.79 Å². The van der Waals surface area contributed by atoms with Crippen LogP contribution in [0.3, 0.4) is 0 Å². The number of aromatic nitrogens is 1. The van der Waals surface area contributed by atoms with Crippen LogP contribution in [0.15, 0.2) is 5.38 Å². The molecule has 1 aromatic heterocycles. The molecule has 6 heteroatoms. The van der Waals surface area contributed by atoms with E-state index in [1.807, 2.05) is 5.38 Å². The lowest BCUT2D eigenvalue weighted by molar-refractivity contribution is -0.122. The van der Waals surface area contributed by atoms with Crippen molar-refractivity contribution in [1.29, 1.82) is 0 Å². The van der Waals surface area contributed by atoms with Crippen molar-refractivity contribution >= 4 is 28.8 Å². The van der Waals surface area contributed by atoms with Gasteiger partial charge in [-0.15, -0.1) is 22.9 Å². The standard InChI is InChI=1S/C11H16ClN3OS/c12-6-8-7-17-10(14-8)3-5-15-4-1-2-9(15)11(13)16/h7,9H,1-6H2,(H2,13,16). The SMILES string of the molecule is NC(=O)C1CCCN1CCc1nc(CCl)cs1. The van der Waals surface area contributed by atoms with Gasteiger partial charge in [-0.25, -0.2) is 4.98 Å². The minimum absolute atomic E-state index is 0.0811. The number of carbonyl (C=O) groups excluding carboxylic acids is 1. The van der Waals surface area contributed by atoms with E-state index in [4.69, 9.17) is 17.3 Å². The van der Waals surface area contributed by atoms with Crippen molar-refractivity contribution in [3.63, 3.8) is 0 Å². The van der Waals surface area contributed by atoms with Crippen molar-refractivity contribution in [2.45, 2.75) is 31.2 Å². The van der Waals surface area contributed by atoms with E-state index in [0.29, 0.717) is 5.88 Å². The molecule has 0 saturated carbocycles. The zero-order valence-corrected chi connectivity index (χ0v) is 11.1. The second-order valence-corrected chi connectivity index (χ2v) is 5.42. The van der Waals surface area contributed by atoms with Gasteiger partial charge in [0, 0.05) is 18.3 Å². The number of hydrogen-bond acceptors (Lipinski definition) is 4. The number of rotatable bonds is 5. The number of nitrogens with zero attached hydrogens (tertiary/aromatic N) is 2. The first kappa shape index (κ1) is 12.8. The Morgan fingerprint density at radius 1 is 1.71 bits per heavy atom. The van der Waals surface area contributed by atoms with Crippen LogP contribution in [0.2, 0.25) is 0 Å². The summed E-state index contributed by atoms with van der Waals surface area (Å²) >= 11 is 7.33. The first-order valence-corrected chi connectivity index (χ1v) is 7.14. The van der Waals surface area contributed by atoms with Gasteiger partial charge in [-0.05, 0) is 19.4 Å². The summed E-state index contributed by atoms with van der Waals surface area (Å²) in [5.41, 5.74) is 6.30. The summed E-state index contributed by atoms with van der Waals surface area (Å²) in [6, 6.07) is -0.0811. The molecular weight excluding hydrogens is 258 g/mol. The van der Waals surface area contributed by atoms with E-state index in [-0.39, 0.29) is 11.9 Å². The van der Waals surface area contributed by atoms with Gasteiger partial charge in [0.05, 0.1) is 22.6 Å². The summed E-state index contributed by atoms with van der Waals surface area (Å²) in [5, 5.41) is 3.06. The largest absolute Gasteiger partial charge is 0.368 e. The van der Waals surface area contributed by atoms with E-state index in [1.165, 1.54) is 0 Å². The predicted octanol–water partition coefficient (Wildman–Crippen LogP) is 1.37. The molecule has 1 fully saturated rings. The molecule has 94 valence electrons. The summed E-state index contributed by atoms with van der Waals surface area (Å²) in [6.07, 6.45) is 2.81. The van der Waals surface area contributed by atoms with Crippen molar-refractivity contribution in [2.24, 2.45) is 5.73 Å². The molecule has 1 saturated heterocycles. The van der Waals surface area contributed by atoms with E-state index >= 15 is 0 Å². The van der Waals surface area contributed by atoms with E-state index < -0.39 is 0 Å². The van der Waals surface area contributed by atoms with Gasteiger partial charge in [-0.3, -0.25) is 9.69 Å². The summed E-state index contributed by atoms with van der Waals surface area (Å²) < 4.78 is 0. The Morgan fingerprint density at radius 3 is 3.18 bits per heavy atom. The molecule has 1 amide bonds. The first-order valence-electron chi connectivity index (χ1n) is 5.73. The lowest BCUT2D eigenvalue weighted by atomic mass is 10.2. The Bertz CT molecular complexity index is 396. The van der Waals surface area contributed by atoms with Crippen LogP contribution >= 0.6 is 22.9 Å². The molecule has 1 aliphatic heterocycles. The number of likely N-dealkylation sites (tertiary alicyclic amines) is 1. The second-order valence-electron chi connectivity index (χ2n) is 4.21. The van der Waals surface area contributed by atoms with Crippen LogP contribution < -0.4 is 5.73 Å². The molecule has 1 aromatic rings. The van der Waals surface area contributed by atoms with Crippen molar-refractivity contribution in [2.75, 3.05) is 13.1 Å². The van der Waals surface area contributed by atoms with Gasteiger partial charge in [0.1, 0.15) is 0 Å². The molecule has 1 atom stereocenters. The Morgan fingerprint density at radius 2 is 2.53 bits per heavy atom. The van der Waals surface area contributed by atoms with Gasteiger partial charge in [0.15, 0.2) is 0 Å². The maximum atomic E-state index is 11.2. The third kappa shape index (κ3) is 3.18. The molecule has 4 nitrogen and oxygen atoms in total. The molecule has 0 aliphatic carbocycles. The highest BCUT2D eigenvalue weighted by molar-refractivity contribution is 7.09. The van der Waals surface area contributed by atoms with E-state index in [2.05, 4.69) is 9.88 Å². The molecule has 2 rings (SSSR count). The number of halogens is 1. The number of amides is 1. The molecule has 2 heterocycles. The van der Waals surface area contributed by atoms with Gasteiger partial charge >= 0.3 is 0 Å². The smallest absolute Gasteiger partial charge is 0.234 e. The minimum Gasteiger partial charge on any atom is -0.368 e. The zero-order chi connectivity index (χ0) is 12.3. The molecule has 0 aromatic carbocycles. The fourth-order valence-corrected chi connectivity index (χ4v) is 3.20. The van der Waals surface area contributed by atoms with Crippen LogP contribution in [-0.2, 0) is 17.1 Å². The topological polar surface area (TPSA) is 59.2 Å². The van der Waals surface area contributed by atoms with Crippen LogP contribution in [0.25, 0.3) is 0 Å². The maximum absolute atomic E-state index is 11.2. The third-order valence-electron chi connectivity index (χ3n) is 3.04. The van der Waals surface area contributed by atoms with Gasteiger partial charge in [0.25, 0.3) is 0 Å². The molecule has 2 N–H and O–H groups in total. The van der Waals surface area contributed by atoms with Gasteiger partial charge in [-0.2, -0.15) is 0 Å². The summed E-state index contributed by atoms with van der Waals surface area (Å²) in [5.74, 6) is 0.257. The average Bonchev–Trinajstić information content (AvgIpc) is 2.95. The summed E-state index contributed by atoms with van der Waals surface area (Å²) in [4.78, 5) is 17.8. The quantitative estimate of drug-likeness (QED) is 0.825. The number of nitrogens with two attached hydrogens (primary N) is 1. The zero-order valence-electron chi connectivity index (χ0n) is 9.56. The number of thiazole rings is 1. The van der Waals surface area contributed by atoms with Crippen molar-refractivity contribution in [1.82, 2.24) is 9.88 Å². The monoisotopic (exact) mass is 273 g/mol. The van der Waals surface area contributed by atoms with Crippen LogP contribution in [0, 0.1) is 0 Å². The number of alkyl halides is 1. The Balaban J connectivity index is 1.87. The van der Waals surface area contributed by atoms with Crippen LogP contribution in [0.1, 0.15) is 23.5 Å². The molecular formula is C11H16ClN3OS. The highest BCUT2D eigenvalue weighted by Crippen LogP contribution is 2.18. The highest BCUT2D eigenvalue weighted by Gasteiger charge is 2.28. The van der Waals surface area contributed by atoms with Gasteiger partial charge in [0.2, 0.25) is 5.91 Å². The second kappa shape index (κ2) is 5.80. The normalized spacial score (nSPS) is 20.9. The third-order valence-corrected chi connectivity index (χ3v) is 4.27. The first-order chi connectivity index (χ1) is 8.20. The molecule has 17 heavy (non-hydrogen) atoms. The van der Waals surface area contributed by atoms with E-state index in [1.54, 1.807) is 11.3 Å². The Hall–Kier alpha value is -0.650. The maximum Gasteiger partial charge on any atom is 0.234 e. The molecule has 0 spiro atoms. The Labute approximate surface area is 110 Å². The van der Waals surface area contributed by atoms with Gasteiger partial charge < -0.3 is 5.73 Å². The molecule has 1 aliphatic rings. The van der Waals surface area contributed by atoms with Crippen LogP contribution in [-0.4, -0.2) is 34.9 Å². The molecule has 0 bridgehead atoms. The summed E-state index contributed by atoms with van der Waals surface area (Å²) in [7, 11) is 0. The van der Waals surface area contributed by atoms with Crippen LogP contribution in [0.5, 0.6) is 0 Å². The highest BCUT2D eigenvalue weighted by atomic mass is 35.5. The lowest BCUT2D eigenvalue weighted by Gasteiger charge is -2.20. The fourth-order valence-electron chi connectivity index (χ4n) is 2.18. The van der Waals surface area contributed by atoms with E-state index in [0.717, 1.165) is 43.1 Å².